The second kappa shape index (κ2) is 12.7. The summed E-state index contributed by atoms with van der Waals surface area (Å²) in [6.45, 7) is 4.07. The molecule has 39 heavy (non-hydrogen) atoms. The number of carbonyl (C=O) groups is 2. The number of aromatic nitrogens is 1. The molecule has 4 rings (SSSR count). The van der Waals surface area contributed by atoms with Gasteiger partial charge in [-0.15, -0.1) is 0 Å². The van der Waals surface area contributed by atoms with Crippen molar-refractivity contribution in [2.24, 2.45) is 5.18 Å². The molecule has 1 aromatic heterocycles. The van der Waals surface area contributed by atoms with Gasteiger partial charge >= 0.3 is 5.97 Å². The van der Waals surface area contributed by atoms with E-state index in [0.717, 1.165) is 39.1 Å². The van der Waals surface area contributed by atoms with Gasteiger partial charge in [0.1, 0.15) is 6.04 Å². The lowest BCUT2D eigenvalue weighted by atomic mass is 9.82. The van der Waals surface area contributed by atoms with Crippen LogP contribution in [0.1, 0.15) is 63.1 Å². The van der Waals surface area contributed by atoms with E-state index in [4.69, 9.17) is 5.11 Å². The van der Waals surface area contributed by atoms with Gasteiger partial charge in [0.2, 0.25) is 0 Å². The molecule has 2 unspecified atom stereocenters. The second-order valence-corrected chi connectivity index (χ2v) is 9.60. The summed E-state index contributed by atoms with van der Waals surface area (Å²) in [4.78, 5) is 39.1. The molecule has 3 aromatic carbocycles. The summed E-state index contributed by atoms with van der Waals surface area (Å²) in [5, 5.41) is 14.8. The summed E-state index contributed by atoms with van der Waals surface area (Å²) in [6, 6.07) is 26.9. The molecular weight excluding hydrogens is 490 g/mol. The van der Waals surface area contributed by atoms with Crippen molar-refractivity contribution in [3.05, 3.63) is 130 Å². The fraction of sp³-hybridized carbons (Fsp3) is 0.219. The summed E-state index contributed by atoms with van der Waals surface area (Å²) < 4.78 is 0. The van der Waals surface area contributed by atoms with Crippen molar-refractivity contribution in [1.29, 1.82) is 0 Å². The minimum absolute atomic E-state index is 0.0340. The highest BCUT2D eigenvalue weighted by molar-refractivity contribution is 5.94. The molecule has 0 aliphatic carbocycles. The number of nitroso groups, excluding NO2 is 1. The average Bonchev–Trinajstić information content (AvgIpc) is 2.94. The van der Waals surface area contributed by atoms with Crippen molar-refractivity contribution in [2.75, 3.05) is 6.54 Å². The highest BCUT2D eigenvalue weighted by atomic mass is 16.4. The van der Waals surface area contributed by atoms with E-state index in [-0.39, 0.29) is 24.8 Å². The summed E-state index contributed by atoms with van der Waals surface area (Å²) in [5.74, 6) is -1.29. The van der Waals surface area contributed by atoms with E-state index < -0.39 is 12.0 Å². The Kier molecular flexibility index (Phi) is 8.94. The van der Waals surface area contributed by atoms with Crippen molar-refractivity contribution in [3.63, 3.8) is 0 Å². The molecule has 0 aliphatic rings. The molecule has 0 spiro atoms. The molecule has 7 nitrogen and oxygen atoms in total. The van der Waals surface area contributed by atoms with E-state index in [1.807, 2.05) is 55.5 Å². The summed E-state index contributed by atoms with van der Waals surface area (Å²) in [7, 11) is 0. The van der Waals surface area contributed by atoms with Crippen molar-refractivity contribution in [3.8, 4) is 11.1 Å². The Hall–Kier alpha value is -4.65. The van der Waals surface area contributed by atoms with Crippen LogP contribution in [0.3, 0.4) is 0 Å². The van der Waals surface area contributed by atoms with Gasteiger partial charge in [-0.2, -0.15) is 4.91 Å². The standard InChI is InChI=1S/C32H31N3O4/c1-21-5-3-4-6-28(21)29(20-30(35-39)27-15-17-33-22(2)19-27)25-11-7-23(8-12-25)24-9-13-26(14-10-24)32(38)34-18-16-31(36)37/h3-15,17,19,29-30H,16,18,20H2,1-2H3,(H,34,38)(H,36,37). The van der Waals surface area contributed by atoms with Crippen LogP contribution in [-0.4, -0.2) is 28.5 Å². The number of benzene rings is 3. The minimum atomic E-state index is -0.954. The van der Waals surface area contributed by atoms with Crippen molar-refractivity contribution in [1.82, 2.24) is 10.3 Å². The molecule has 0 aliphatic heterocycles. The Bertz CT molecular complexity index is 1450. The molecule has 0 saturated heterocycles. The fourth-order valence-electron chi connectivity index (χ4n) is 4.77. The first-order valence-electron chi connectivity index (χ1n) is 12.9. The average molecular weight is 522 g/mol. The third-order valence-corrected chi connectivity index (χ3v) is 6.87. The summed E-state index contributed by atoms with van der Waals surface area (Å²) >= 11 is 0. The Morgan fingerprint density at radius 2 is 1.56 bits per heavy atom. The zero-order valence-corrected chi connectivity index (χ0v) is 22.0. The zero-order valence-electron chi connectivity index (χ0n) is 22.0. The van der Waals surface area contributed by atoms with Gasteiger partial charge in [-0.25, -0.2) is 0 Å². The Labute approximate surface area is 227 Å². The predicted molar refractivity (Wildman–Crippen MR) is 152 cm³/mol. The van der Waals surface area contributed by atoms with E-state index in [2.05, 4.69) is 46.7 Å². The second-order valence-electron chi connectivity index (χ2n) is 9.60. The van der Waals surface area contributed by atoms with Crippen LogP contribution in [0.25, 0.3) is 11.1 Å². The predicted octanol–water partition coefficient (Wildman–Crippen LogP) is 6.60. The molecule has 7 heteroatoms. The zero-order chi connectivity index (χ0) is 27.8. The molecule has 1 amide bonds. The normalized spacial score (nSPS) is 12.4. The van der Waals surface area contributed by atoms with E-state index in [0.29, 0.717) is 12.0 Å². The maximum absolute atomic E-state index is 12.3. The maximum atomic E-state index is 12.3. The van der Waals surface area contributed by atoms with Crippen molar-refractivity contribution >= 4 is 11.9 Å². The van der Waals surface area contributed by atoms with Gasteiger partial charge in [0.05, 0.1) is 6.42 Å². The van der Waals surface area contributed by atoms with Crippen LogP contribution in [0.15, 0.2) is 96.3 Å². The lowest BCUT2D eigenvalue weighted by Gasteiger charge is -2.23. The number of aryl methyl sites for hydroxylation is 2. The minimum Gasteiger partial charge on any atom is -0.481 e. The van der Waals surface area contributed by atoms with Gasteiger partial charge in [-0.1, -0.05) is 65.8 Å². The van der Waals surface area contributed by atoms with Crippen LogP contribution in [-0.2, 0) is 4.79 Å². The quantitative estimate of drug-likeness (QED) is 0.216. The number of nitrogens with zero attached hydrogens (tertiary/aromatic N) is 2. The molecule has 2 atom stereocenters. The molecule has 0 radical (unpaired) electrons. The van der Waals surface area contributed by atoms with Crippen LogP contribution < -0.4 is 5.32 Å². The Morgan fingerprint density at radius 1 is 0.897 bits per heavy atom. The third-order valence-electron chi connectivity index (χ3n) is 6.87. The number of amides is 1. The third kappa shape index (κ3) is 7.02. The molecule has 2 N–H and O–H groups in total. The molecule has 0 bridgehead atoms. The fourth-order valence-corrected chi connectivity index (χ4v) is 4.77. The van der Waals surface area contributed by atoms with Crippen molar-refractivity contribution < 1.29 is 14.7 Å². The molecule has 1 heterocycles. The Balaban J connectivity index is 1.57. The van der Waals surface area contributed by atoms with E-state index in [1.165, 1.54) is 0 Å². The van der Waals surface area contributed by atoms with E-state index >= 15 is 0 Å². The number of carboxylic acid groups (broad SMARTS) is 1. The lowest BCUT2D eigenvalue weighted by Crippen LogP contribution is -2.25. The topological polar surface area (TPSA) is 109 Å². The molecule has 4 aromatic rings. The lowest BCUT2D eigenvalue weighted by molar-refractivity contribution is -0.136. The van der Waals surface area contributed by atoms with Gasteiger partial charge in [-0.05, 0) is 77.9 Å². The largest absolute Gasteiger partial charge is 0.481 e. The van der Waals surface area contributed by atoms with Gasteiger partial charge in [0.15, 0.2) is 0 Å². The van der Waals surface area contributed by atoms with Gasteiger partial charge in [-0.3, -0.25) is 14.6 Å². The first kappa shape index (κ1) is 27.4. The van der Waals surface area contributed by atoms with Gasteiger partial charge < -0.3 is 10.4 Å². The first-order valence-corrected chi connectivity index (χ1v) is 12.9. The van der Waals surface area contributed by atoms with Gasteiger partial charge in [0, 0.05) is 29.9 Å². The number of aliphatic carboxylic acids is 1. The number of carboxylic acids is 1. The maximum Gasteiger partial charge on any atom is 0.305 e. The summed E-state index contributed by atoms with van der Waals surface area (Å²) in [6.07, 6.45) is 2.12. The number of rotatable bonds is 11. The monoisotopic (exact) mass is 521 g/mol. The SMILES string of the molecule is Cc1cc(C(CC(c2ccc(-c3ccc(C(=O)NCCC(=O)O)cc3)cc2)c2ccccc2C)N=O)ccn1. The number of hydrogen-bond acceptors (Lipinski definition) is 5. The van der Waals surface area contributed by atoms with Crippen LogP contribution in [0.4, 0.5) is 0 Å². The van der Waals surface area contributed by atoms with E-state index in [1.54, 1.807) is 18.3 Å². The number of hydrogen-bond donors (Lipinski definition) is 2. The van der Waals surface area contributed by atoms with Crippen LogP contribution in [0.5, 0.6) is 0 Å². The number of nitrogens with one attached hydrogen (secondary N) is 1. The highest BCUT2D eigenvalue weighted by Crippen LogP contribution is 2.38. The van der Waals surface area contributed by atoms with Crippen molar-refractivity contribution in [2.45, 2.75) is 38.6 Å². The van der Waals surface area contributed by atoms with Crippen LogP contribution in [0.2, 0.25) is 0 Å². The number of carbonyl (C=O) groups excluding carboxylic acids is 1. The van der Waals surface area contributed by atoms with E-state index in [9.17, 15) is 14.5 Å². The number of pyridine rings is 1. The van der Waals surface area contributed by atoms with Gasteiger partial charge in [0.25, 0.3) is 5.91 Å². The first-order chi connectivity index (χ1) is 18.9. The molecule has 0 fully saturated rings. The highest BCUT2D eigenvalue weighted by Gasteiger charge is 2.23. The summed E-state index contributed by atoms with van der Waals surface area (Å²) in [5.41, 5.74) is 7.52. The molecule has 0 saturated carbocycles. The molecule has 198 valence electrons. The van der Waals surface area contributed by atoms with Crippen LogP contribution >= 0.6 is 0 Å². The smallest absolute Gasteiger partial charge is 0.305 e. The van der Waals surface area contributed by atoms with Crippen LogP contribution in [0, 0.1) is 18.8 Å². The Morgan fingerprint density at radius 3 is 2.18 bits per heavy atom. The molecular formula is C32H31N3O4.